The molecule has 2 aliphatic rings. The fourth-order valence-corrected chi connectivity index (χ4v) is 5.70. The van der Waals surface area contributed by atoms with Crippen LogP contribution in [0.5, 0.6) is 0 Å². The lowest BCUT2D eigenvalue weighted by atomic mass is 9.91. The highest BCUT2D eigenvalue weighted by molar-refractivity contribution is 6.31. The number of imidazole rings is 1. The van der Waals surface area contributed by atoms with Crippen molar-refractivity contribution in [1.29, 1.82) is 0 Å². The van der Waals surface area contributed by atoms with E-state index in [1.54, 1.807) is 17.9 Å². The molecule has 2 fully saturated rings. The van der Waals surface area contributed by atoms with Crippen LogP contribution in [0.2, 0.25) is 5.02 Å². The van der Waals surface area contributed by atoms with Gasteiger partial charge in [0.25, 0.3) is 5.91 Å². The zero-order valence-electron chi connectivity index (χ0n) is 20.3. The van der Waals surface area contributed by atoms with Gasteiger partial charge in [0.05, 0.1) is 22.6 Å². The van der Waals surface area contributed by atoms with Gasteiger partial charge in [0.1, 0.15) is 17.1 Å². The molecule has 2 atom stereocenters. The number of hydrogen-bond donors (Lipinski definition) is 3. The molecule has 0 bridgehead atoms. The topological polar surface area (TPSA) is 96.2 Å². The molecule has 0 spiro atoms. The Kier molecular flexibility index (Phi) is 6.69. The summed E-state index contributed by atoms with van der Waals surface area (Å²) in [4.78, 5) is 29.0. The highest BCUT2D eigenvalue weighted by Crippen LogP contribution is 2.53. The van der Waals surface area contributed by atoms with Crippen molar-refractivity contribution in [1.82, 2.24) is 14.9 Å². The first-order valence-electron chi connectivity index (χ1n) is 11.7. The van der Waals surface area contributed by atoms with E-state index in [-0.39, 0.29) is 34.6 Å². The molecule has 4 rings (SSSR count). The summed E-state index contributed by atoms with van der Waals surface area (Å²) in [6.45, 7) is 5.06. The van der Waals surface area contributed by atoms with Crippen molar-refractivity contribution in [2.75, 3.05) is 5.32 Å². The Bertz CT molecular complexity index is 1210. The van der Waals surface area contributed by atoms with E-state index in [9.17, 15) is 19.1 Å². The van der Waals surface area contributed by atoms with Gasteiger partial charge < -0.3 is 20.3 Å². The molecule has 35 heavy (non-hydrogen) atoms. The number of hydrogen-bond acceptors (Lipinski definition) is 4. The maximum Gasteiger partial charge on any atom is 0.274 e. The molecular formula is C26H30ClFN4O3. The van der Waals surface area contributed by atoms with Crippen LogP contribution in [0.15, 0.2) is 24.5 Å². The minimum atomic E-state index is -1.08. The predicted molar refractivity (Wildman–Crippen MR) is 131 cm³/mol. The van der Waals surface area contributed by atoms with Crippen molar-refractivity contribution in [3.8, 4) is 11.8 Å². The van der Waals surface area contributed by atoms with Gasteiger partial charge in [-0.1, -0.05) is 23.4 Å². The smallest absolute Gasteiger partial charge is 0.274 e. The number of fused-ring (bicyclic) bond motifs is 1. The standard InChI is InChI=1S/C26H30ClFN4O3/c1-15(33)31-25(2,3)7-8-26(35)12-17-9-16(10-18(17)13-26)22-23(32(4)14-29-22)24(34)30-19-5-6-21(28)20(27)11-19/h5-6,11,14,16-18,35H,9-10,12-13H2,1-4H3,(H,30,34)(H,31,33). The van der Waals surface area contributed by atoms with E-state index in [1.165, 1.54) is 25.1 Å². The zero-order chi connectivity index (χ0) is 25.5. The van der Waals surface area contributed by atoms with Crippen LogP contribution in [0.1, 0.15) is 68.6 Å². The lowest BCUT2D eigenvalue weighted by Gasteiger charge is -2.22. The fourth-order valence-electron chi connectivity index (χ4n) is 5.52. The van der Waals surface area contributed by atoms with Gasteiger partial charge >= 0.3 is 0 Å². The first-order chi connectivity index (χ1) is 16.4. The lowest BCUT2D eigenvalue weighted by Crippen LogP contribution is -2.41. The molecule has 7 nitrogen and oxygen atoms in total. The monoisotopic (exact) mass is 500 g/mol. The molecule has 2 saturated carbocycles. The molecule has 9 heteroatoms. The first kappa shape index (κ1) is 25.2. The fraction of sp³-hybridized carbons (Fsp3) is 0.500. The molecular weight excluding hydrogens is 471 g/mol. The van der Waals surface area contributed by atoms with Gasteiger partial charge in [0.15, 0.2) is 0 Å². The molecule has 2 aliphatic carbocycles. The lowest BCUT2D eigenvalue weighted by molar-refractivity contribution is -0.120. The van der Waals surface area contributed by atoms with Crippen LogP contribution in [0, 0.1) is 29.5 Å². The second kappa shape index (κ2) is 9.29. The molecule has 0 radical (unpaired) electrons. The number of aryl methyl sites for hydroxylation is 1. The molecule has 1 heterocycles. The molecule has 0 saturated heterocycles. The van der Waals surface area contributed by atoms with E-state index in [0.29, 0.717) is 24.2 Å². The van der Waals surface area contributed by atoms with Crippen molar-refractivity contribution in [2.24, 2.45) is 18.9 Å². The molecule has 2 amide bonds. The summed E-state index contributed by atoms with van der Waals surface area (Å²) in [5, 5.41) is 16.6. The second-order valence-corrected chi connectivity index (χ2v) is 10.8. The summed E-state index contributed by atoms with van der Waals surface area (Å²) in [5.74, 6) is 5.65. The summed E-state index contributed by atoms with van der Waals surface area (Å²) < 4.78 is 15.2. The largest absolute Gasteiger partial charge is 0.378 e. The van der Waals surface area contributed by atoms with E-state index in [2.05, 4.69) is 27.5 Å². The van der Waals surface area contributed by atoms with Crippen LogP contribution >= 0.6 is 11.6 Å². The third-order valence-corrected chi connectivity index (χ3v) is 7.17. The zero-order valence-corrected chi connectivity index (χ0v) is 21.0. The van der Waals surface area contributed by atoms with Gasteiger partial charge in [0.2, 0.25) is 5.91 Å². The number of carbonyl (C=O) groups excluding carboxylic acids is 2. The summed E-state index contributed by atoms with van der Waals surface area (Å²) >= 11 is 5.84. The maximum absolute atomic E-state index is 13.5. The summed E-state index contributed by atoms with van der Waals surface area (Å²) in [7, 11) is 1.77. The van der Waals surface area contributed by atoms with E-state index in [1.807, 2.05) is 13.8 Å². The van der Waals surface area contributed by atoms with Gasteiger partial charge in [0, 0.05) is 25.6 Å². The first-order valence-corrected chi connectivity index (χ1v) is 12.1. The SMILES string of the molecule is CC(=O)NC(C)(C)C#CC1(O)CC2CC(c3ncn(C)c3C(=O)Nc3ccc(F)c(Cl)c3)CC2C1. The molecule has 0 aliphatic heterocycles. The van der Waals surface area contributed by atoms with E-state index >= 15 is 0 Å². The average molecular weight is 501 g/mol. The number of amides is 2. The Hall–Kier alpha value is -2.89. The average Bonchev–Trinajstić information content (AvgIpc) is 3.39. The summed E-state index contributed by atoms with van der Waals surface area (Å²) in [6, 6.07) is 4.05. The Morgan fingerprint density at radius 3 is 2.54 bits per heavy atom. The summed E-state index contributed by atoms with van der Waals surface area (Å²) in [5.41, 5.74) is -0.200. The highest BCUT2D eigenvalue weighted by Gasteiger charge is 2.49. The number of anilines is 1. The Balaban J connectivity index is 1.45. The van der Waals surface area contributed by atoms with Crippen LogP contribution in [0.4, 0.5) is 10.1 Å². The molecule has 186 valence electrons. The number of benzene rings is 1. The molecule has 1 aromatic carbocycles. The van der Waals surface area contributed by atoms with E-state index in [4.69, 9.17) is 11.6 Å². The third-order valence-electron chi connectivity index (χ3n) is 6.88. The summed E-state index contributed by atoms with van der Waals surface area (Å²) in [6.07, 6.45) is 4.36. The van der Waals surface area contributed by atoms with Crippen molar-refractivity contribution >= 4 is 29.1 Å². The van der Waals surface area contributed by atoms with Crippen molar-refractivity contribution in [3.63, 3.8) is 0 Å². The van der Waals surface area contributed by atoms with Crippen molar-refractivity contribution < 1.29 is 19.1 Å². The number of nitrogens with zero attached hydrogens (tertiary/aromatic N) is 2. The Labute approximate surface area is 209 Å². The normalized spacial score (nSPS) is 25.5. The number of aromatic nitrogens is 2. The van der Waals surface area contributed by atoms with Crippen LogP contribution < -0.4 is 10.6 Å². The van der Waals surface area contributed by atoms with Gasteiger partial charge in [-0.25, -0.2) is 9.37 Å². The van der Waals surface area contributed by atoms with Crippen LogP contribution in [-0.2, 0) is 11.8 Å². The molecule has 1 aromatic heterocycles. The number of carbonyl (C=O) groups is 2. The molecule has 2 unspecified atom stereocenters. The van der Waals surface area contributed by atoms with Crippen LogP contribution in [0.25, 0.3) is 0 Å². The van der Waals surface area contributed by atoms with E-state index in [0.717, 1.165) is 18.5 Å². The number of halogens is 2. The number of nitrogens with one attached hydrogen (secondary N) is 2. The van der Waals surface area contributed by atoms with Crippen LogP contribution in [-0.4, -0.2) is 37.6 Å². The van der Waals surface area contributed by atoms with Gasteiger partial charge in [-0.05, 0) is 69.6 Å². The van der Waals surface area contributed by atoms with E-state index < -0.39 is 17.0 Å². The highest BCUT2D eigenvalue weighted by atomic mass is 35.5. The van der Waals surface area contributed by atoms with Gasteiger partial charge in [-0.3, -0.25) is 9.59 Å². The number of aliphatic hydroxyl groups is 1. The minimum absolute atomic E-state index is 0.0623. The Morgan fingerprint density at radius 1 is 1.29 bits per heavy atom. The third kappa shape index (κ3) is 5.52. The predicted octanol–water partition coefficient (Wildman–Crippen LogP) is 4.02. The van der Waals surface area contributed by atoms with Gasteiger partial charge in [-0.2, -0.15) is 0 Å². The minimum Gasteiger partial charge on any atom is -0.378 e. The van der Waals surface area contributed by atoms with Crippen LogP contribution in [0.3, 0.4) is 0 Å². The van der Waals surface area contributed by atoms with Gasteiger partial charge in [-0.15, -0.1) is 0 Å². The number of rotatable bonds is 4. The quantitative estimate of drug-likeness (QED) is 0.552. The van der Waals surface area contributed by atoms with Crippen molar-refractivity contribution in [2.45, 2.75) is 63.5 Å². The van der Waals surface area contributed by atoms with Crippen molar-refractivity contribution in [3.05, 3.63) is 46.8 Å². The second-order valence-electron chi connectivity index (χ2n) is 10.4. The maximum atomic E-state index is 13.5. The molecule has 2 aromatic rings. The Morgan fingerprint density at radius 2 is 1.94 bits per heavy atom. The molecule has 3 N–H and O–H groups in total.